The topological polar surface area (TPSA) is 63.2 Å². The van der Waals surface area contributed by atoms with E-state index in [4.69, 9.17) is 0 Å². The average molecular weight is 285 g/mol. The zero-order valence-electron chi connectivity index (χ0n) is 10.4. The molecule has 0 atom stereocenters. The summed E-state index contributed by atoms with van der Waals surface area (Å²) in [5, 5.41) is 2.51. The van der Waals surface area contributed by atoms with Crippen molar-refractivity contribution < 1.29 is 17.6 Å². The third-order valence-electron chi connectivity index (χ3n) is 3.30. The number of benzene rings is 1. The first-order chi connectivity index (χ1) is 8.96. The van der Waals surface area contributed by atoms with E-state index >= 15 is 0 Å². The molecule has 1 N–H and O–H groups in total. The molecule has 0 aromatic heterocycles. The fraction of sp³-hybridized carbons (Fsp3) is 0.462. The molecule has 1 aromatic rings. The molecule has 0 unspecified atom stereocenters. The molecule has 1 aliphatic rings. The fourth-order valence-corrected chi connectivity index (χ4v) is 3.76. The Kier molecular flexibility index (Phi) is 4.19. The van der Waals surface area contributed by atoms with Crippen molar-refractivity contribution in [1.82, 2.24) is 0 Å². The quantitative estimate of drug-likeness (QED) is 0.923. The number of para-hydroxylation sites is 1. The maximum atomic E-state index is 13.3. The highest BCUT2D eigenvalue weighted by molar-refractivity contribution is 7.91. The molecular weight excluding hydrogens is 269 g/mol. The van der Waals surface area contributed by atoms with Crippen LogP contribution in [0.25, 0.3) is 0 Å². The van der Waals surface area contributed by atoms with Gasteiger partial charge < -0.3 is 5.32 Å². The first kappa shape index (κ1) is 14.0. The molecule has 2 rings (SSSR count). The summed E-state index contributed by atoms with van der Waals surface area (Å²) in [6, 6.07) is 5.98. The first-order valence-corrected chi connectivity index (χ1v) is 8.03. The van der Waals surface area contributed by atoms with Crippen molar-refractivity contribution in [3.63, 3.8) is 0 Å². The van der Waals surface area contributed by atoms with Crippen molar-refractivity contribution in [1.29, 1.82) is 0 Å². The number of carbonyl (C=O) groups is 1. The average Bonchev–Trinajstić information content (AvgIpc) is 2.35. The minimum absolute atomic E-state index is 0.0651. The molecule has 4 nitrogen and oxygen atoms in total. The predicted molar refractivity (Wildman–Crippen MR) is 71.0 cm³/mol. The van der Waals surface area contributed by atoms with E-state index in [0.717, 1.165) is 0 Å². The fourth-order valence-electron chi connectivity index (χ4n) is 2.17. The van der Waals surface area contributed by atoms with Crippen LogP contribution in [-0.2, 0) is 14.6 Å². The van der Waals surface area contributed by atoms with Gasteiger partial charge in [0.1, 0.15) is 15.7 Å². The molecule has 1 amide bonds. The molecule has 1 heterocycles. The van der Waals surface area contributed by atoms with Gasteiger partial charge in [-0.2, -0.15) is 0 Å². The van der Waals surface area contributed by atoms with Crippen LogP contribution in [0, 0.1) is 11.7 Å². The minimum atomic E-state index is -2.91. The Morgan fingerprint density at radius 3 is 2.53 bits per heavy atom. The van der Waals surface area contributed by atoms with Crippen LogP contribution in [0.4, 0.5) is 10.1 Å². The molecule has 0 bridgehead atoms. The van der Waals surface area contributed by atoms with Crippen molar-refractivity contribution in [2.24, 2.45) is 5.92 Å². The van der Waals surface area contributed by atoms with E-state index in [1.165, 1.54) is 12.1 Å². The van der Waals surface area contributed by atoms with Gasteiger partial charge in [0.05, 0.1) is 17.2 Å². The molecule has 0 radical (unpaired) electrons. The van der Waals surface area contributed by atoms with Gasteiger partial charge in [0, 0.05) is 6.42 Å². The molecule has 1 aliphatic heterocycles. The van der Waals surface area contributed by atoms with Gasteiger partial charge in [-0.05, 0) is 30.9 Å². The monoisotopic (exact) mass is 285 g/mol. The van der Waals surface area contributed by atoms with Crippen molar-refractivity contribution in [3.8, 4) is 0 Å². The predicted octanol–water partition coefficient (Wildman–Crippen LogP) is 1.98. The molecule has 104 valence electrons. The summed E-state index contributed by atoms with van der Waals surface area (Å²) in [5.41, 5.74) is 0.163. The molecule has 0 saturated carbocycles. The maximum absolute atomic E-state index is 13.3. The standard InChI is InChI=1S/C13H16FNO3S/c14-11-3-1-2-4-12(11)15-13(16)9-10-5-7-19(17,18)8-6-10/h1-4,10H,5-9H2,(H,15,16). The molecule has 1 fully saturated rings. The zero-order chi connectivity index (χ0) is 13.9. The van der Waals surface area contributed by atoms with E-state index in [2.05, 4.69) is 5.32 Å². The summed E-state index contributed by atoms with van der Waals surface area (Å²) >= 11 is 0. The number of halogens is 1. The highest BCUT2D eigenvalue weighted by Gasteiger charge is 2.25. The van der Waals surface area contributed by atoms with Crippen LogP contribution in [0.15, 0.2) is 24.3 Å². The van der Waals surface area contributed by atoms with Gasteiger partial charge in [-0.15, -0.1) is 0 Å². The Labute approximate surface area is 111 Å². The lowest BCUT2D eigenvalue weighted by molar-refractivity contribution is -0.117. The Balaban J connectivity index is 1.87. The number of hydrogen-bond donors (Lipinski definition) is 1. The zero-order valence-corrected chi connectivity index (χ0v) is 11.2. The van der Waals surface area contributed by atoms with Crippen LogP contribution < -0.4 is 5.32 Å². The lowest BCUT2D eigenvalue weighted by atomic mass is 9.98. The summed E-state index contributed by atoms with van der Waals surface area (Å²) in [6.07, 6.45) is 1.25. The van der Waals surface area contributed by atoms with Gasteiger partial charge in [-0.25, -0.2) is 12.8 Å². The van der Waals surface area contributed by atoms with Gasteiger partial charge in [0.25, 0.3) is 0 Å². The summed E-state index contributed by atoms with van der Waals surface area (Å²) in [5.74, 6) is -0.387. The highest BCUT2D eigenvalue weighted by atomic mass is 32.2. The summed E-state index contributed by atoms with van der Waals surface area (Å²) < 4.78 is 35.9. The SMILES string of the molecule is O=C(CC1CCS(=O)(=O)CC1)Nc1ccccc1F. The molecule has 1 saturated heterocycles. The third-order valence-corrected chi connectivity index (χ3v) is 5.01. The van der Waals surface area contributed by atoms with Crippen molar-refractivity contribution in [2.75, 3.05) is 16.8 Å². The Morgan fingerprint density at radius 2 is 1.89 bits per heavy atom. The number of hydrogen-bond acceptors (Lipinski definition) is 3. The lowest BCUT2D eigenvalue weighted by Gasteiger charge is -2.21. The second kappa shape index (κ2) is 5.69. The first-order valence-electron chi connectivity index (χ1n) is 6.21. The van der Waals surface area contributed by atoms with E-state index in [1.807, 2.05) is 0 Å². The van der Waals surface area contributed by atoms with Gasteiger partial charge in [0.15, 0.2) is 0 Å². The minimum Gasteiger partial charge on any atom is -0.324 e. The number of nitrogens with one attached hydrogen (secondary N) is 1. The van der Waals surface area contributed by atoms with Gasteiger partial charge in [-0.3, -0.25) is 4.79 Å². The maximum Gasteiger partial charge on any atom is 0.224 e. The molecule has 19 heavy (non-hydrogen) atoms. The van der Waals surface area contributed by atoms with Crippen LogP contribution in [0.1, 0.15) is 19.3 Å². The van der Waals surface area contributed by atoms with E-state index in [1.54, 1.807) is 12.1 Å². The summed E-state index contributed by atoms with van der Waals surface area (Å²) in [7, 11) is -2.91. The smallest absolute Gasteiger partial charge is 0.224 e. The van der Waals surface area contributed by atoms with Gasteiger partial charge in [-0.1, -0.05) is 12.1 Å². The van der Waals surface area contributed by atoms with Crippen LogP contribution in [0.5, 0.6) is 0 Å². The van der Waals surface area contributed by atoms with E-state index < -0.39 is 15.7 Å². The Hall–Kier alpha value is -1.43. The summed E-state index contributed by atoms with van der Waals surface area (Å²) in [6.45, 7) is 0. The largest absolute Gasteiger partial charge is 0.324 e. The van der Waals surface area contributed by atoms with Crippen molar-refractivity contribution in [2.45, 2.75) is 19.3 Å². The summed E-state index contributed by atoms with van der Waals surface area (Å²) in [4.78, 5) is 11.8. The molecular formula is C13H16FNO3S. The molecule has 0 spiro atoms. The second-order valence-corrected chi connectivity index (χ2v) is 7.13. The lowest BCUT2D eigenvalue weighted by Crippen LogP contribution is -2.26. The van der Waals surface area contributed by atoms with Gasteiger partial charge >= 0.3 is 0 Å². The molecule has 6 heteroatoms. The number of amides is 1. The number of anilines is 1. The van der Waals surface area contributed by atoms with Crippen LogP contribution in [0.3, 0.4) is 0 Å². The van der Waals surface area contributed by atoms with Crippen LogP contribution >= 0.6 is 0 Å². The number of carbonyl (C=O) groups excluding carboxylic acids is 1. The normalized spacial score (nSPS) is 19.0. The van der Waals surface area contributed by atoms with E-state index in [-0.39, 0.29) is 35.4 Å². The highest BCUT2D eigenvalue weighted by Crippen LogP contribution is 2.23. The number of rotatable bonds is 3. The van der Waals surface area contributed by atoms with Crippen molar-refractivity contribution >= 4 is 21.4 Å². The number of sulfone groups is 1. The second-order valence-electron chi connectivity index (χ2n) is 4.83. The van der Waals surface area contributed by atoms with E-state index in [0.29, 0.717) is 12.8 Å². The van der Waals surface area contributed by atoms with Crippen LogP contribution in [-0.4, -0.2) is 25.8 Å². The van der Waals surface area contributed by atoms with Gasteiger partial charge in [0.2, 0.25) is 5.91 Å². The molecule has 0 aliphatic carbocycles. The van der Waals surface area contributed by atoms with Crippen molar-refractivity contribution in [3.05, 3.63) is 30.1 Å². The molecule has 1 aromatic carbocycles. The Morgan fingerprint density at radius 1 is 1.26 bits per heavy atom. The van der Waals surface area contributed by atoms with E-state index in [9.17, 15) is 17.6 Å². The van der Waals surface area contributed by atoms with Crippen LogP contribution in [0.2, 0.25) is 0 Å². The third kappa shape index (κ3) is 4.02. The Bertz CT molecular complexity index is 557.